The highest BCUT2D eigenvalue weighted by Crippen LogP contribution is 2.11. The van der Waals surface area contributed by atoms with Crippen molar-refractivity contribution in [3.8, 4) is 0 Å². The second kappa shape index (κ2) is 10.1. The van der Waals surface area contributed by atoms with Crippen molar-refractivity contribution < 1.29 is 18.0 Å². The van der Waals surface area contributed by atoms with Crippen LogP contribution in [0.15, 0.2) is 54.9 Å². The molecule has 29 heavy (non-hydrogen) atoms. The van der Waals surface area contributed by atoms with Crippen molar-refractivity contribution in [3.63, 3.8) is 0 Å². The summed E-state index contributed by atoms with van der Waals surface area (Å²) in [6, 6.07) is 12.0. The Morgan fingerprint density at radius 1 is 1.07 bits per heavy atom. The van der Waals surface area contributed by atoms with Gasteiger partial charge < -0.3 is 10.2 Å². The fourth-order valence-corrected chi connectivity index (χ4v) is 2.94. The molecule has 0 unspecified atom stereocenters. The van der Waals surface area contributed by atoms with Crippen molar-refractivity contribution in [1.29, 1.82) is 0 Å². The average Bonchev–Trinajstić information content (AvgIpc) is 2.70. The minimum absolute atomic E-state index is 0.196. The van der Waals surface area contributed by atoms with Crippen LogP contribution in [0.25, 0.3) is 0 Å². The number of hydrogen-bond acceptors (Lipinski definition) is 5. The molecule has 1 aromatic carbocycles. The van der Waals surface area contributed by atoms with Crippen LogP contribution >= 0.6 is 0 Å². The molecule has 1 atom stereocenters. The zero-order valence-corrected chi connectivity index (χ0v) is 17.6. The second-order valence-electron chi connectivity index (χ2n) is 6.78. The van der Waals surface area contributed by atoms with E-state index >= 15 is 0 Å². The second-order valence-corrected chi connectivity index (χ2v) is 8.86. The molecular weight excluding hydrogens is 392 g/mol. The van der Waals surface area contributed by atoms with Gasteiger partial charge in [0.15, 0.2) is 0 Å². The van der Waals surface area contributed by atoms with E-state index < -0.39 is 22.0 Å². The maximum absolute atomic E-state index is 12.9. The van der Waals surface area contributed by atoms with Gasteiger partial charge in [-0.05, 0) is 30.2 Å². The Morgan fingerprint density at radius 2 is 1.69 bits per heavy atom. The molecule has 9 heteroatoms. The Bertz CT molecular complexity index is 920. The molecule has 0 aliphatic carbocycles. The highest BCUT2D eigenvalue weighted by molar-refractivity contribution is 7.88. The van der Waals surface area contributed by atoms with Crippen LogP contribution in [0.4, 0.5) is 0 Å². The standard InChI is InChI=1S/C20H26N4O4S/c1-16(20(26)22-13-17-9-11-21-12-10-17)24(14-18-7-5-4-6-8-18)19(25)15-23(2)29(3,27)28/h4-12,16H,13-15H2,1-3H3,(H,22,26)/t16-/m1/s1. The Balaban J connectivity index is 2.13. The average molecular weight is 419 g/mol. The van der Waals surface area contributed by atoms with E-state index in [1.807, 2.05) is 30.3 Å². The number of nitrogens with one attached hydrogen (secondary N) is 1. The van der Waals surface area contributed by atoms with Crippen LogP contribution in [-0.4, -0.2) is 60.3 Å². The number of aromatic nitrogens is 1. The summed E-state index contributed by atoms with van der Waals surface area (Å²) >= 11 is 0. The summed E-state index contributed by atoms with van der Waals surface area (Å²) in [7, 11) is -2.18. The predicted molar refractivity (Wildman–Crippen MR) is 110 cm³/mol. The summed E-state index contributed by atoms with van der Waals surface area (Å²) in [5, 5.41) is 2.81. The molecule has 0 radical (unpaired) electrons. The third-order valence-corrected chi connectivity index (χ3v) is 5.76. The first-order valence-corrected chi connectivity index (χ1v) is 10.9. The molecule has 0 saturated carbocycles. The summed E-state index contributed by atoms with van der Waals surface area (Å²) in [6.45, 7) is 1.79. The van der Waals surface area contributed by atoms with Gasteiger partial charge in [-0.15, -0.1) is 0 Å². The summed E-state index contributed by atoms with van der Waals surface area (Å²) in [5.41, 5.74) is 1.73. The molecule has 1 aromatic heterocycles. The third kappa shape index (κ3) is 6.95. The van der Waals surface area contributed by atoms with E-state index in [0.29, 0.717) is 6.54 Å². The molecule has 2 amide bonds. The number of nitrogens with zero attached hydrogens (tertiary/aromatic N) is 3. The molecule has 1 heterocycles. The zero-order valence-electron chi connectivity index (χ0n) is 16.8. The monoisotopic (exact) mass is 418 g/mol. The molecule has 0 saturated heterocycles. The van der Waals surface area contributed by atoms with Crippen LogP contribution in [0.1, 0.15) is 18.1 Å². The Morgan fingerprint density at radius 3 is 2.28 bits per heavy atom. The number of benzene rings is 1. The van der Waals surface area contributed by atoms with E-state index in [-0.39, 0.29) is 19.0 Å². The maximum atomic E-state index is 12.9. The molecule has 156 valence electrons. The fraction of sp³-hybridized carbons (Fsp3) is 0.350. The molecule has 0 spiro atoms. The van der Waals surface area contributed by atoms with Gasteiger partial charge in [-0.3, -0.25) is 14.6 Å². The first kappa shape index (κ1) is 22.5. The van der Waals surface area contributed by atoms with Crippen LogP contribution in [0.3, 0.4) is 0 Å². The zero-order chi connectivity index (χ0) is 21.4. The minimum Gasteiger partial charge on any atom is -0.350 e. The Kier molecular flexibility index (Phi) is 7.86. The predicted octanol–water partition coefficient (Wildman–Crippen LogP) is 1.01. The molecular formula is C20H26N4O4S. The van der Waals surface area contributed by atoms with Crippen LogP contribution in [0.2, 0.25) is 0 Å². The number of sulfonamides is 1. The van der Waals surface area contributed by atoms with E-state index in [1.54, 1.807) is 31.5 Å². The first-order chi connectivity index (χ1) is 13.7. The molecule has 2 aromatic rings. The molecule has 0 fully saturated rings. The van der Waals surface area contributed by atoms with Crippen molar-refractivity contribution >= 4 is 21.8 Å². The molecule has 1 N–H and O–H groups in total. The van der Waals surface area contributed by atoms with Gasteiger partial charge in [0.25, 0.3) is 0 Å². The van der Waals surface area contributed by atoms with Crippen LogP contribution in [-0.2, 0) is 32.7 Å². The number of amides is 2. The summed E-state index contributed by atoms with van der Waals surface area (Å²) in [6.07, 6.45) is 4.31. The molecule has 0 aliphatic heterocycles. The lowest BCUT2D eigenvalue weighted by Crippen LogP contribution is -2.50. The fourth-order valence-electron chi connectivity index (χ4n) is 2.60. The summed E-state index contributed by atoms with van der Waals surface area (Å²) in [5.74, 6) is -0.776. The van der Waals surface area contributed by atoms with Gasteiger partial charge in [0.1, 0.15) is 6.04 Å². The van der Waals surface area contributed by atoms with E-state index in [1.165, 1.54) is 11.9 Å². The van der Waals surface area contributed by atoms with Crippen molar-refractivity contribution in [2.24, 2.45) is 0 Å². The van der Waals surface area contributed by atoms with Gasteiger partial charge in [0, 0.05) is 32.5 Å². The number of hydrogen-bond donors (Lipinski definition) is 1. The van der Waals surface area contributed by atoms with E-state index in [4.69, 9.17) is 0 Å². The lowest BCUT2D eigenvalue weighted by molar-refractivity contribution is -0.140. The lowest BCUT2D eigenvalue weighted by Gasteiger charge is -2.30. The first-order valence-electron chi connectivity index (χ1n) is 9.10. The van der Waals surface area contributed by atoms with E-state index in [0.717, 1.165) is 21.7 Å². The van der Waals surface area contributed by atoms with E-state index in [2.05, 4.69) is 10.3 Å². The van der Waals surface area contributed by atoms with Crippen LogP contribution in [0.5, 0.6) is 0 Å². The highest BCUT2D eigenvalue weighted by atomic mass is 32.2. The quantitative estimate of drug-likeness (QED) is 0.655. The summed E-state index contributed by atoms with van der Waals surface area (Å²) in [4.78, 5) is 30.9. The normalized spacial score (nSPS) is 12.4. The van der Waals surface area contributed by atoms with E-state index in [9.17, 15) is 18.0 Å². The third-order valence-electron chi connectivity index (χ3n) is 4.50. The van der Waals surface area contributed by atoms with Gasteiger partial charge in [-0.25, -0.2) is 8.42 Å². The van der Waals surface area contributed by atoms with Gasteiger partial charge in [0.2, 0.25) is 21.8 Å². The number of likely N-dealkylation sites (N-methyl/N-ethyl adjacent to an activating group) is 1. The number of pyridine rings is 1. The number of carbonyl (C=O) groups is 2. The minimum atomic E-state index is -3.52. The van der Waals surface area contributed by atoms with Gasteiger partial charge in [-0.1, -0.05) is 30.3 Å². The maximum Gasteiger partial charge on any atom is 0.242 e. The van der Waals surface area contributed by atoms with Gasteiger partial charge >= 0.3 is 0 Å². The number of carbonyl (C=O) groups excluding carboxylic acids is 2. The topological polar surface area (TPSA) is 99.7 Å². The SMILES string of the molecule is C[C@H](C(=O)NCc1ccncc1)N(Cc1ccccc1)C(=O)CN(C)S(C)(=O)=O. The van der Waals surface area contributed by atoms with Gasteiger partial charge in [0.05, 0.1) is 12.8 Å². The van der Waals surface area contributed by atoms with Crippen molar-refractivity contribution in [1.82, 2.24) is 19.5 Å². The molecule has 0 aliphatic rings. The Hall–Kier alpha value is -2.78. The van der Waals surface area contributed by atoms with Crippen molar-refractivity contribution in [3.05, 3.63) is 66.0 Å². The van der Waals surface area contributed by atoms with Gasteiger partial charge in [-0.2, -0.15) is 4.31 Å². The highest BCUT2D eigenvalue weighted by Gasteiger charge is 2.28. The summed E-state index contributed by atoms with van der Waals surface area (Å²) < 4.78 is 24.3. The van der Waals surface area contributed by atoms with Crippen molar-refractivity contribution in [2.75, 3.05) is 19.8 Å². The lowest BCUT2D eigenvalue weighted by atomic mass is 10.1. The molecule has 2 rings (SSSR count). The largest absolute Gasteiger partial charge is 0.350 e. The Labute approximate surface area is 171 Å². The number of rotatable bonds is 9. The van der Waals surface area contributed by atoms with Crippen LogP contribution < -0.4 is 5.32 Å². The smallest absolute Gasteiger partial charge is 0.242 e. The molecule has 8 nitrogen and oxygen atoms in total. The van der Waals surface area contributed by atoms with Crippen LogP contribution in [0, 0.1) is 0 Å². The van der Waals surface area contributed by atoms with Crippen molar-refractivity contribution in [2.45, 2.75) is 26.1 Å². The molecule has 0 bridgehead atoms.